The topological polar surface area (TPSA) is 97.1 Å². The maximum absolute atomic E-state index is 12.8. The standard InChI is InChI=1S/C16H13Cl2N3O4/c1-7-14-11(6-13(22)20(7)8(2)16(24)25)19-21(15(14)23)12-5-9(17)3-4-10(12)18/h3-6,8,19H,1-2H3,(H,24,25). The Morgan fingerprint density at radius 3 is 2.56 bits per heavy atom. The molecule has 0 spiro atoms. The van der Waals surface area contributed by atoms with Gasteiger partial charge in [0.05, 0.1) is 21.6 Å². The van der Waals surface area contributed by atoms with Crippen LogP contribution in [0.4, 0.5) is 0 Å². The number of carboxylic acids is 1. The molecular formula is C16H13Cl2N3O4. The summed E-state index contributed by atoms with van der Waals surface area (Å²) in [7, 11) is 0. The molecule has 1 unspecified atom stereocenters. The number of aryl methyl sites for hydroxylation is 1. The first-order chi connectivity index (χ1) is 11.7. The lowest BCUT2D eigenvalue weighted by Crippen LogP contribution is -2.30. The average Bonchev–Trinajstić information content (AvgIpc) is 2.86. The third kappa shape index (κ3) is 2.75. The zero-order chi connectivity index (χ0) is 18.5. The normalized spacial score (nSPS) is 12.5. The second kappa shape index (κ2) is 6.09. The van der Waals surface area contributed by atoms with Crippen molar-refractivity contribution in [2.45, 2.75) is 19.9 Å². The van der Waals surface area contributed by atoms with Crippen LogP contribution in [0.25, 0.3) is 16.6 Å². The Bertz CT molecular complexity index is 1130. The van der Waals surface area contributed by atoms with Gasteiger partial charge < -0.3 is 5.11 Å². The van der Waals surface area contributed by atoms with E-state index in [9.17, 15) is 19.5 Å². The third-order valence-corrected chi connectivity index (χ3v) is 4.60. The number of pyridine rings is 1. The van der Waals surface area contributed by atoms with Crippen LogP contribution in [-0.4, -0.2) is 25.4 Å². The van der Waals surface area contributed by atoms with Crippen molar-refractivity contribution in [2.24, 2.45) is 0 Å². The van der Waals surface area contributed by atoms with Crippen LogP contribution in [0, 0.1) is 6.92 Å². The summed E-state index contributed by atoms with van der Waals surface area (Å²) in [4.78, 5) is 36.4. The molecule has 1 aromatic carbocycles. The van der Waals surface area contributed by atoms with E-state index in [1.807, 2.05) is 0 Å². The summed E-state index contributed by atoms with van der Waals surface area (Å²) in [5.41, 5.74) is -0.0959. The number of fused-ring (bicyclic) bond motifs is 1. The molecule has 0 saturated heterocycles. The van der Waals surface area contributed by atoms with Gasteiger partial charge in [0, 0.05) is 16.8 Å². The van der Waals surface area contributed by atoms with Gasteiger partial charge in [-0.3, -0.25) is 19.3 Å². The van der Waals surface area contributed by atoms with E-state index in [-0.39, 0.29) is 16.6 Å². The van der Waals surface area contributed by atoms with Gasteiger partial charge >= 0.3 is 5.97 Å². The molecule has 2 aromatic heterocycles. The smallest absolute Gasteiger partial charge is 0.326 e. The fraction of sp³-hybridized carbons (Fsp3) is 0.188. The summed E-state index contributed by atoms with van der Waals surface area (Å²) in [5, 5.41) is 12.9. The van der Waals surface area contributed by atoms with Crippen molar-refractivity contribution in [1.29, 1.82) is 0 Å². The number of rotatable bonds is 3. The number of aliphatic carboxylic acids is 1. The number of halogens is 2. The fourth-order valence-corrected chi connectivity index (χ4v) is 3.17. The third-order valence-electron chi connectivity index (χ3n) is 4.04. The number of aromatic nitrogens is 3. The fourth-order valence-electron chi connectivity index (χ4n) is 2.81. The predicted octanol–water partition coefficient (Wildman–Crippen LogP) is 2.74. The van der Waals surface area contributed by atoms with E-state index in [0.29, 0.717) is 15.7 Å². The largest absolute Gasteiger partial charge is 0.480 e. The monoisotopic (exact) mass is 381 g/mol. The Labute approximate surface area is 151 Å². The number of hydrogen-bond acceptors (Lipinski definition) is 3. The number of benzene rings is 1. The van der Waals surface area contributed by atoms with Crippen LogP contribution >= 0.6 is 23.2 Å². The minimum Gasteiger partial charge on any atom is -0.480 e. The molecule has 3 aromatic rings. The van der Waals surface area contributed by atoms with E-state index in [1.54, 1.807) is 12.1 Å². The minimum absolute atomic E-state index is 0.212. The van der Waals surface area contributed by atoms with Crippen molar-refractivity contribution in [1.82, 2.24) is 14.3 Å². The quantitative estimate of drug-likeness (QED) is 0.728. The molecule has 2 N–H and O–H groups in total. The summed E-state index contributed by atoms with van der Waals surface area (Å²) < 4.78 is 2.25. The highest BCUT2D eigenvalue weighted by molar-refractivity contribution is 6.34. The molecule has 3 rings (SSSR count). The van der Waals surface area contributed by atoms with Crippen molar-refractivity contribution < 1.29 is 9.90 Å². The summed E-state index contributed by atoms with van der Waals surface area (Å²) in [6.07, 6.45) is 0. The molecule has 0 radical (unpaired) electrons. The molecule has 2 heterocycles. The first-order valence-corrected chi connectivity index (χ1v) is 8.03. The van der Waals surface area contributed by atoms with Gasteiger partial charge in [0.25, 0.3) is 11.1 Å². The van der Waals surface area contributed by atoms with Crippen molar-refractivity contribution in [3.63, 3.8) is 0 Å². The molecular weight excluding hydrogens is 369 g/mol. The van der Waals surface area contributed by atoms with Crippen LogP contribution in [0.1, 0.15) is 18.7 Å². The molecule has 1 atom stereocenters. The van der Waals surface area contributed by atoms with E-state index >= 15 is 0 Å². The highest BCUT2D eigenvalue weighted by atomic mass is 35.5. The van der Waals surface area contributed by atoms with Crippen molar-refractivity contribution >= 4 is 40.1 Å². The molecule has 25 heavy (non-hydrogen) atoms. The van der Waals surface area contributed by atoms with Gasteiger partial charge in [-0.2, -0.15) is 0 Å². The summed E-state index contributed by atoms with van der Waals surface area (Å²) in [6.45, 7) is 2.91. The molecule has 0 aliphatic carbocycles. The van der Waals surface area contributed by atoms with Crippen molar-refractivity contribution in [3.05, 3.63) is 60.7 Å². The number of hydrogen-bond donors (Lipinski definition) is 2. The second-order valence-corrected chi connectivity index (χ2v) is 6.43. The number of nitrogens with zero attached hydrogens (tertiary/aromatic N) is 2. The molecule has 7 nitrogen and oxygen atoms in total. The Kier molecular flexibility index (Phi) is 4.22. The van der Waals surface area contributed by atoms with Crippen molar-refractivity contribution in [2.75, 3.05) is 0 Å². The Morgan fingerprint density at radius 2 is 1.92 bits per heavy atom. The molecule has 0 saturated carbocycles. The van der Waals surface area contributed by atoms with Crippen LogP contribution in [-0.2, 0) is 4.79 Å². The Hall–Kier alpha value is -2.51. The lowest BCUT2D eigenvalue weighted by Gasteiger charge is -2.13. The highest BCUT2D eigenvalue weighted by Gasteiger charge is 2.22. The molecule has 0 fully saturated rings. The summed E-state index contributed by atoms with van der Waals surface area (Å²) in [5.74, 6) is -1.17. The van der Waals surface area contributed by atoms with Crippen LogP contribution in [0.2, 0.25) is 10.0 Å². The SMILES string of the molecule is Cc1c2c(=O)n(-c3cc(Cl)ccc3Cl)[nH]c2cc(=O)n1C(C)C(=O)O. The van der Waals surface area contributed by atoms with E-state index < -0.39 is 23.1 Å². The van der Waals surface area contributed by atoms with Gasteiger partial charge in [0.2, 0.25) is 0 Å². The lowest BCUT2D eigenvalue weighted by molar-refractivity contribution is -0.140. The van der Waals surface area contributed by atoms with Crippen molar-refractivity contribution in [3.8, 4) is 5.69 Å². The molecule has 130 valence electrons. The second-order valence-electron chi connectivity index (χ2n) is 5.59. The molecule has 9 heteroatoms. The number of aromatic amines is 1. The Balaban J connectivity index is 2.37. The minimum atomic E-state index is -1.17. The van der Waals surface area contributed by atoms with Crippen LogP contribution in [0.5, 0.6) is 0 Å². The number of H-pyrrole nitrogens is 1. The summed E-state index contributed by atoms with van der Waals surface area (Å²) >= 11 is 12.1. The maximum Gasteiger partial charge on any atom is 0.326 e. The van der Waals surface area contributed by atoms with Gasteiger partial charge in [-0.15, -0.1) is 0 Å². The van der Waals surface area contributed by atoms with E-state index in [4.69, 9.17) is 23.2 Å². The number of carbonyl (C=O) groups is 1. The van der Waals surface area contributed by atoms with E-state index in [0.717, 1.165) is 4.57 Å². The maximum atomic E-state index is 12.8. The van der Waals surface area contributed by atoms with E-state index in [2.05, 4.69) is 5.10 Å². The molecule has 0 amide bonds. The highest BCUT2D eigenvalue weighted by Crippen LogP contribution is 2.24. The predicted molar refractivity (Wildman–Crippen MR) is 95.3 cm³/mol. The molecule has 0 aliphatic rings. The van der Waals surface area contributed by atoms with Gasteiger partial charge in [0.15, 0.2) is 0 Å². The molecule has 0 aliphatic heterocycles. The lowest BCUT2D eigenvalue weighted by atomic mass is 10.2. The molecule has 0 bridgehead atoms. The van der Waals surface area contributed by atoms with Crippen LogP contribution < -0.4 is 11.1 Å². The van der Waals surface area contributed by atoms with Gasteiger partial charge in [-0.05, 0) is 32.0 Å². The average molecular weight is 382 g/mol. The Morgan fingerprint density at radius 1 is 1.24 bits per heavy atom. The van der Waals surface area contributed by atoms with Gasteiger partial charge in [-0.1, -0.05) is 23.2 Å². The van der Waals surface area contributed by atoms with Crippen LogP contribution in [0.3, 0.4) is 0 Å². The zero-order valence-electron chi connectivity index (χ0n) is 13.2. The first-order valence-electron chi connectivity index (χ1n) is 7.27. The zero-order valence-corrected chi connectivity index (χ0v) is 14.7. The van der Waals surface area contributed by atoms with Crippen LogP contribution in [0.15, 0.2) is 33.9 Å². The number of carboxylic acid groups (broad SMARTS) is 1. The first kappa shape index (κ1) is 17.3. The van der Waals surface area contributed by atoms with Gasteiger partial charge in [0.1, 0.15) is 6.04 Å². The number of nitrogens with one attached hydrogen (secondary N) is 1. The van der Waals surface area contributed by atoms with Gasteiger partial charge in [-0.25, -0.2) is 9.48 Å². The van der Waals surface area contributed by atoms with E-state index in [1.165, 1.54) is 30.7 Å². The summed E-state index contributed by atoms with van der Waals surface area (Å²) in [6, 6.07) is 4.75.